The Kier molecular flexibility index (Phi) is 9.75. The molecule has 1 aromatic rings. The number of carbonyl (C=O) groups excluding carboxylic acids is 3. The van der Waals surface area contributed by atoms with Crippen LogP contribution in [0, 0.1) is 5.41 Å². The van der Waals surface area contributed by atoms with E-state index in [1.54, 1.807) is 12.1 Å². The average Bonchev–Trinajstić information content (AvgIpc) is 3.09. The van der Waals surface area contributed by atoms with E-state index in [1.165, 1.54) is 4.90 Å². The van der Waals surface area contributed by atoms with Crippen LogP contribution >= 0.6 is 12.6 Å². The van der Waals surface area contributed by atoms with Crippen LogP contribution in [0.5, 0.6) is 0 Å². The fourth-order valence-corrected chi connectivity index (χ4v) is 4.90. The Bertz CT molecular complexity index is 953. The molecule has 2 aliphatic rings. The highest BCUT2D eigenvalue weighted by Crippen LogP contribution is 2.46. The number of ether oxygens (including phenoxy) is 2. The van der Waals surface area contributed by atoms with E-state index in [4.69, 9.17) is 9.47 Å². The molecule has 0 radical (unpaired) electrons. The minimum absolute atomic E-state index is 0.155. The number of nitrogens with one attached hydrogen (secondary N) is 2. The molecule has 0 saturated carbocycles. The smallest absolute Gasteiger partial charge is 0.326 e. The number of hydrogen-bond donors (Lipinski definition) is 4. The van der Waals surface area contributed by atoms with Gasteiger partial charge in [-0.25, -0.2) is 4.79 Å². The zero-order valence-corrected chi connectivity index (χ0v) is 21.6. The van der Waals surface area contributed by atoms with Crippen molar-refractivity contribution in [3.63, 3.8) is 0 Å². The molecule has 0 aromatic heterocycles. The highest BCUT2D eigenvalue weighted by molar-refractivity contribution is 7.80. The molecule has 0 unspecified atom stereocenters. The van der Waals surface area contributed by atoms with Gasteiger partial charge in [0.05, 0.1) is 38.9 Å². The topological polar surface area (TPSA) is 134 Å². The lowest BCUT2D eigenvalue weighted by molar-refractivity contribution is -0.163. The van der Waals surface area contributed by atoms with Gasteiger partial charge in [0.2, 0.25) is 17.7 Å². The molecular weight excluding hydrogens is 486 g/mol. The Labute approximate surface area is 216 Å². The number of nitrogens with zero attached hydrogens (tertiary/aromatic N) is 1. The zero-order chi connectivity index (χ0) is 26.3. The first kappa shape index (κ1) is 27.9. The van der Waals surface area contributed by atoms with Gasteiger partial charge >= 0.3 is 5.97 Å². The third-order valence-electron chi connectivity index (χ3n) is 6.53. The van der Waals surface area contributed by atoms with Crippen LogP contribution in [-0.4, -0.2) is 84.0 Å². The number of carbonyl (C=O) groups is 4. The van der Waals surface area contributed by atoms with Gasteiger partial charge in [-0.1, -0.05) is 26.0 Å². The average molecular weight is 522 g/mol. The van der Waals surface area contributed by atoms with Crippen LogP contribution in [0.3, 0.4) is 0 Å². The minimum Gasteiger partial charge on any atom is -0.480 e. The zero-order valence-electron chi connectivity index (χ0n) is 20.7. The number of amides is 3. The van der Waals surface area contributed by atoms with Crippen molar-refractivity contribution in [2.24, 2.45) is 5.41 Å². The van der Waals surface area contributed by atoms with E-state index in [9.17, 15) is 24.3 Å². The van der Waals surface area contributed by atoms with E-state index in [0.29, 0.717) is 50.7 Å². The molecule has 3 amide bonds. The summed E-state index contributed by atoms with van der Waals surface area (Å²) in [6.07, 6.45) is 1.44. The molecular formula is C25H35N3O7S. The molecule has 0 spiro atoms. The number of aliphatic carboxylic acids is 1. The number of fused-ring (bicyclic) bond motifs is 1. The summed E-state index contributed by atoms with van der Waals surface area (Å²) in [5.74, 6) is -1.10. The maximum atomic E-state index is 12.5. The number of rotatable bonds is 14. The molecule has 198 valence electrons. The summed E-state index contributed by atoms with van der Waals surface area (Å²) < 4.78 is 10.6. The number of carboxylic acid groups (broad SMARTS) is 1. The SMILES string of the molecule is CC1(C)C[C@@H]2[C@H](NC(=O)CCc3ccc(NC(=O)CCOCCOCCS)cc3)C(=O)N2[C@H]1C(=O)O. The molecule has 3 rings (SSSR count). The van der Waals surface area contributed by atoms with Gasteiger partial charge < -0.3 is 30.1 Å². The molecule has 0 aliphatic carbocycles. The largest absolute Gasteiger partial charge is 0.480 e. The van der Waals surface area contributed by atoms with Gasteiger partial charge in [0, 0.05) is 17.9 Å². The minimum atomic E-state index is -1.01. The van der Waals surface area contributed by atoms with Gasteiger partial charge in [-0.15, -0.1) is 0 Å². The summed E-state index contributed by atoms with van der Waals surface area (Å²) in [7, 11) is 0. The highest BCUT2D eigenvalue weighted by atomic mass is 32.1. The first-order valence-corrected chi connectivity index (χ1v) is 12.8. The summed E-state index contributed by atoms with van der Waals surface area (Å²) in [6.45, 7) is 5.44. The molecule has 10 nitrogen and oxygen atoms in total. The fourth-order valence-electron chi connectivity index (χ4n) is 4.77. The van der Waals surface area contributed by atoms with Gasteiger partial charge in [-0.2, -0.15) is 12.6 Å². The van der Waals surface area contributed by atoms with Crippen molar-refractivity contribution in [2.45, 2.75) is 57.7 Å². The Morgan fingerprint density at radius 2 is 1.72 bits per heavy atom. The van der Waals surface area contributed by atoms with Crippen molar-refractivity contribution >= 4 is 42.0 Å². The van der Waals surface area contributed by atoms with Crippen LogP contribution < -0.4 is 10.6 Å². The monoisotopic (exact) mass is 521 g/mol. The Balaban J connectivity index is 1.36. The lowest BCUT2D eigenvalue weighted by Gasteiger charge is -2.44. The highest BCUT2D eigenvalue weighted by Gasteiger charge is 2.63. The molecule has 3 atom stereocenters. The van der Waals surface area contributed by atoms with E-state index >= 15 is 0 Å². The quantitative estimate of drug-likeness (QED) is 0.166. The predicted octanol–water partition coefficient (Wildman–Crippen LogP) is 1.49. The van der Waals surface area contributed by atoms with Crippen molar-refractivity contribution < 1.29 is 33.8 Å². The van der Waals surface area contributed by atoms with Crippen LogP contribution in [-0.2, 0) is 35.1 Å². The van der Waals surface area contributed by atoms with Crippen LogP contribution in [0.2, 0.25) is 0 Å². The number of aryl methyl sites for hydroxylation is 1. The van der Waals surface area contributed by atoms with Gasteiger partial charge in [-0.05, 0) is 36.0 Å². The van der Waals surface area contributed by atoms with E-state index in [1.807, 2.05) is 26.0 Å². The van der Waals surface area contributed by atoms with Crippen molar-refractivity contribution in [1.29, 1.82) is 0 Å². The molecule has 2 saturated heterocycles. The molecule has 36 heavy (non-hydrogen) atoms. The maximum absolute atomic E-state index is 12.5. The van der Waals surface area contributed by atoms with Crippen molar-refractivity contribution in [3.8, 4) is 0 Å². The second-order valence-corrected chi connectivity index (χ2v) is 10.2. The van der Waals surface area contributed by atoms with Gasteiger partial charge in [0.15, 0.2) is 0 Å². The second kappa shape index (κ2) is 12.6. The van der Waals surface area contributed by atoms with E-state index in [0.717, 1.165) is 5.56 Å². The number of carboxylic acids is 1. The normalized spacial score (nSPS) is 22.0. The molecule has 2 aliphatic heterocycles. The van der Waals surface area contributed by atoms with Crippen LogP contribution in [0.25, 0.3) is 0 Å². The number of benzene rings is 1. The van der Waals surface area contributed by atoms with E-state index < -0.39 is 23.5 Å². The number of anilines is 1. The van der Waals surface area contributed by atoms with Crippen LogP contribution in [0.15, 0.2) is 24.3 Å². The Morgan fingerprint density at radius 3 is 2.36 bits per heavy atom. The van der Waals surface area contributed by atoms with Crippen LogP contribution in [0.1, 0.15) is 38.7 Å². The molecule has 2 heterocycles. The van der Waals surface area contributed by atoms with Gasteiger partial charge in [0.25, 0.3) is 0 Å². The lowest BCUT2D eigenvalue weighted by atomic mass is 9.83. The lowest BCUT2D eigenvalue weighted by Crippen LogP contribution is -2.70. The number of hydrogen-bond acceptors (Lipinski definition) is 7. The summed E-state index contributed by atoms with van der Waals surface area (Å²) in [6, 6.07) is 5.42. The maximum Gasteiger partial charge on any atom is 0.326 e. The molecule has 11 heteroatoms. The van der Waals surface area contributed by atoms with Crippen molar-refractivity contribution in [2.75, 3.05) is 37.5 Å². The Hall–Kier alpha value is -2.63. The molecule has 1 aromatic carbocycles. The summed E-state index contributed by atoms with van der Waals surface area (Å²) in [4.78, 5) is 50.0. The van der Waals surface area contributed by atoms with Crippen molar-refractivity contribution in [3.05, 3.63) is 29.8 Å². The standard InChI is InChI=1S/C25H35N3O7S/c1-25(2)15-18-21(23(31)28(18)22(25)24(32)33)27-19(29)8-5-16-3-6-17(7-4-16)26-20(30)9-10-34-11-12-35-13-14-36/h3-4,6-7,18,21-22,36H,5,8-15H2,1-2H3,(H,26,30)(H,27,29)(H,32,33)/t18-,21+,22+/m1/s1. The molecule has 3 N–H and O–H groups in total. The first-order chi connectivity index (χ1) is 17.1. The first-order valence-electron chi connectivity index (χ1n) is 12.1. The summed E-state index contributed by atoms with van der Waals surface area (Å²) in [5.41, 5.74) is 1.03. The summed E-state index contributed by atoms with van der Waals surface area (Å²) in [5, 5.41) is 15.1. The van der Waals surface area contributed by atoms with Gasteiger partial charge in [-0.3, -0.25) is 14.4 Å². The number of thiol groups is 1. The third kappa shape index (κ3) is 6.98. The molecule has 2 fully saturated rings. The fraction of sp³-hybridized carbons (Fsp3) is 0.600. The second-order valence-electron chi connectivity index (χ2n) is 9.73. The van der Waals surface area contributed by atoms with E-state index in [-0.39, 0.29) is 36.6 Å². The van der Waals surface area contributed by atoms with Gasteiger partial charge in [0.1, 0.15) is 12.1 Å². The van der Waals surface area contributed by atoms with Crippen LogP contribution in [0.4, 0.5) is 5.69 Å². The van der Waals surface area contributed by atoms with Crippen molar-refractivity contribution in [1.82, 2.24) is 10.2 Å². The Morgan fingerprint density at radius 1 is 1.06 bits per heavy atom. The predicted molar refractivity (Wildman–Crippen MR) is 136 cm³/mol. The summed E-state index contributed by atoms with van der Waals surface area (Å²) >= 11 is 4.04. The van der Waals surface area contributed by atoms with E-state index in [2.05, 4.69) is 23.3 Å². The molecule has 0 bridgehead atoms. The third-order valence-corrected chi connectivity index (χ3v) is 6.71. The number of β-lactam (4-membered cyclic amide) rings is 1.